The molecule has 72 valence electrons. The minimum atomic E-state index is 0.726. The van der Waals surface area contributed by atoms with E-state index in [1.807, 2.05) is 0 Å². The molecule has 12 heavy (non-hydrogen) atoms. The molecular formula is C10H21NO. The molecule has 0 fully saturated rings. The third-order valence-corrected chi connectivity index (χ3v) is 1.47. The van der Waals surface area contributed by atoms with Crippen molar-refractivity contribution in [2.75, 3.05) is 26.8 Å². The van der Waals surface area contributed by atoms with Gasteiger partial charge in [-0.15, -0.1) is 0 Å². The molecule has 0 aliphatic carbocycles. The molecule has 0 aromatic rings. The predicted octanol–water partition coefficient (Wildman–Crippen LogP) is 1.82. The Balaban J connectivity index is 3.00. The van der Waals surface area contributed by atoms with E-state index < -0.39 is 0 Å². The number of methoxy groups -OCH3 is 1. The average Bonchev–Trinajstić information content (AvgIpc) is 2.02. The van der Waals surface area contributed by atoms with E-state index in [0.717, 1.165) is 32.0 Å². The van der Waals surface area contributed by atoms with E-state index in [4.69, 9.17) is 4.74 Å². The Bertz CT molecular complexity index is 110. The lowest BCUT2D eigenvalue weighted by Crippen LogP contribution is -2.20. The molecule has 0 saturated carbocycles. The summed E-state index contributed by atoms with van der Waals surface area (Å²) in [5.41, 5.74) is 0. The molecule has 2 heteroatoms. The lowest BCUT2D eigenvalue weighted by Gasteiger charge is -2.04. The van der Waals surface area contributed by atoms with Crippen LogP contribution in [-0.2, 0) is 4.74 Å². The van der Waals surface area contributed by atoms with Crippen molar-refractivity contribution in [2.24, 2.45) is 5.92 Å². The number of hydrogen-bond donors (Lipinski definition) is 1. The molecule has 0 radical (unpaired) electrons. The summed E-state index contributed by atoms with van der Waals surface area (Å²) in [5.74, 6) is 0.743. The topological polar surface area (TPSA) is 21.3 Å². The maximum atomic E-state index is 4.88. The third-order valence-electron chi connectivity index (χ3n) is 1.47. The van der Waals surface area contributed by atoms with Crippen LogP contribution in [0.5, 0.6) is 0 Å². The molecule has 0 rings (SSSR count). The summed E-state index contributed by atoms with van der Waals surface area (Å²) < 4.78 is 4.88. The third kappa shape index (κ3) is 9.66. The zero-order chi connectivity index (χ0) is 9.23. The van der Waals surface area contributed by atoms with Gasteiger partial charge in [-0.2, -0.15) is 0 Å². The van der Waals surface area contributed by atoms with Crippen molar-refractivity contribution in [3.05, 3.63) is 12.2 Å². The van der Waals surface area contributed by atoms with Gasteiger partial charge in [0.25, 0.3) is 0 Å². The molecule has 1 N–H and O–H groups in total. The Hall–Kier alpha value is -0.340. The Labute approximate surface area is 76.0 Å². The number of hydrogen-bond acceptors (Lipinski definition) is 2. The Morgan fingerprint density at radius 3 is 2.67 bits per heavy atom. The maximum Gasteiger partial charge on any atom is 0.0643 e. The summed E-state index contributed by atoms with van der Waals surface area (Å²) in [6, 6.07) is 0. The molecule has 0 aromatic carbocycles. The SMILES string of the molecule is COCC=CCCNCC(C)C. The second-order valence-corrected chi connectivity index (χ2v) is 3.31. The molecule has 0 saturated heterocycles. The molecule has 0 atom stereocenters. The van der Waals surface area contributed by atoms with E-state index in [2.05, 4.69) is 31.3 Å². The van der Waals surface area contributed by atoms with E-state index >= 15 is 0 Å². The van der Waals surface area contributed by atoms with Crippen molar-refractivity contribution in [1.29, 1.82) is 0 Å². The van der Waals surface area contributed by atoms with E-state index in [1.54, 1.807) is 7.11 Å². The van der Waals surface area contributed by atoms with Crippen molar-refractivity contribution < 1.29 is 4.74 Å². The average molecular weight is 171 g/mol. The highest BCUT2D eigenvalue weighted by Gasteiger charge is 1.89. The Morgan fingerprint density at radius 2 is 2.08 bits per heavy atom. The maximum absolute atomic E-state index is 4.88. The lowest BCUT2D eigenvalue weighted by atomic mass is 10.2. The van der Waals surface area contributed by atoms with Gasteiger partial charge >= 0.3 is 0 Å². The van der Waals surface area contributed by atoms with Crippen molar-refractivity contribution in [3.8, 4) is 0 Å². The van der Waals surface area contributed by atoms with Crippen LogP contribution in [0, 0.1) is 5.92 Å². The van der Waals surface area contributed by atoms with Crippen LogP contribution in [0.2, 0.25) is 0 Å². The number of ether oxygens (including phenoxy) is 1. The Morgan fingerprint density at radius 1 is 1.33 bits per heavy atom. The first-order valence-corrected chi connectivity index (χ1v) is 4.62. The van der Waals surface area contributed by atoms with Gasteiger partial charge in [-0.3, -0.25) is 0 Å². The summed E-state index contributed by atoms with van der Waals surface area (Å²) in [4.78, 5) is 0. The number of rotatable bonds is 7. The summed E-state index contributed by atoms with van der Waals surface area (Å²) in [6.45, 7) is 7.34. The van der Waals surface area contributed by atoms with Gasteiger partial charge in [0.2, 0.25) is 0 Å². The zero-order valence-electron chi connectivity index (χ0n) is 8.47. The molecule has 0 heterocycles. The minimum Gasteiger partial charge on any atom is -0.381 e. The summed E-state index contributed by atoms with van der Waals surface area (Å²) in [7, 11) is 1.71. The van der Waals surface area contributed by atoms with Crippen LogP contribution in [0.15, 0.2) is 12.2 Å². The van der Waals surface area contributed by atoms with Gasteiger partial charge in [0.15, 0.2) is 0 Å². The second-order valence-electron chi connectivity index (χ2n) is 3.31. The van der Waals surface area contributed by atoms with Crippen LogP contribution in [0.1, 0.15) is 20.3 Å². The van der Waals surface area contributed by atoms with Crippen molar-refractivity contribution >= 4 is 0 Å². The fourth-order valence-electron chi connectivity index (χ4n) is 0.858. The fourth-order valence-corrected chi connectivity index (χ4v) is 0.858. The molecule has 0 bridgehead atoms. The van der Waals surface area contributed by atoms with Gasteiger partial charge < -0.3 is 10.1 Å². The van der Waals surface area contributed by atoms with Crippen LogP contribution in [0.3, 0.4) is 0 Å². The quantitative estimate of drug-likeness (QED) is 0.466. The van der Waals surface area contributed by atoms with Gasteiger partial charge in [0, 0.05) is 7.11 Å². The smallest absolute Gasteiger partial charge is 0.0643 e. The molecule has 0 unspecified atom stereocenters. The molecule has 0 aliphatic heterocycles. The van der Waals surface area contributed by atoms with E-state index in [1.165, 1.54) is 0 Å². The first kappa shape index (κ1) is 11.7. The van der Waals surface area contributed by atoms with Gasteiger partial charge in [-0.05, 0) is 25.4 Å². The fraction of sp³-hybridized carbons (Fsp3) is 0.800. The van der Waals surface area contributed by atoms with Gasteiger partial charge in [-0.1, -0.05) is 26.0 Å². The molecule has 0 aromatic heterocycles. The molecule has 0 spiro atoms. The predicted molar refractivity (Wildman–Crippen MR) is 53.3 cm³/mol. The summed E-state index contributed by atoms with van der Waals surface area (Å²) in [5, 5.41) is 3.37. The highest BCUT2D eigenvalue weighted by atomic mass is 16.5. The van der Waals surface area contributed by atoms with E-state index in [-0.39, 0.29) is 0 Å². The van der Waals surface area contributed by atoms with Crippen LogP contribution in [-0.4, -0.2) is 26.8 Å². The zero-order valence-corrected chi connectivity index (χ0v) is 8.47. The second kappa shape index (κ2) is 8.75. The summed E-state index contributed by atoms with van der Waals surface area (Å²) >= 11 is 0. The minimum absolute atomic E-state index is 0.726. The standard InChI is InChI=1S/C10H21NO/c1-10(2)9-11-7-5-4-6-8-12-3/h4,6,10-11H,5,7-9H2,1-3H3. The van der Waals surface area contributed by atoms with Gasteiger partial charge in [0.05, 0.1) is 6.61 Å². The van der Waals surface area contributed by atoms with E-state index in [0.29, 0.717) is 0 Å². The molecular weight excluding hydrogens is 150 g/mol. The van der Waals surface area contributed by atoms with Crippen molar-refractivity contribution in [1.82, 2.24) is 5.32 Å². The monoisotopic (exact) mass is 171 g/mol. The van der Waals surface area contributed by atoms with Gasteiger partial charge in [-0.25, -0.2) is 0 Å². The van der Waals surface area contributed by atoms with Crippen LogP contribution in [0.4, 0.5) is 0 Å². The van der Waals surface area contributed by atoms with Crippen LogP contribution < -0.4 is 5.32 Å². The first-order valence-electron chi connectivity index (χ1n) is 4.62. The first-order chi connectivity index (χ1) is 5.77. The largest absolute Gasteiger partial charge is 0.381 e. The van der Waals surface area contributed by atoms with Crippen molar-refractivity contribution in [3.63, 3.8) is 0 Å². The molecule has 0 aliphatic rings. The van der Waals surface area contributed by atoms with Crippen LogP contribution >= 0.6 is 0 Å². The van der Waals surface area contributed by atoms with Crippen molar-refractivity contribution in [2.45, 2.75) is 20.3 Å². The Kier molecular flexibility index (Phi) is 8.51. The molecule has 2 nitrogen and oxygen atoms in total. The lowest BCUT2D eigenvalue weighted by molar-refractivity contribution is 0.233. The highest BCUT2D eigenvalue weighted by molar-refractivity contribution is 4.81. The molecule has 0 amide bonds. The van der Waals surface area contributed by atoms with Crippen LogP contribution in [0.25, 0.3) is 0 Å². The highest BCUT2D eigenvalue weighted by Crippen LogP contribution is 1.87. The van der Waals surface area contributed by atoms with Gasteiger partial charge in [0.1, 0.15) is 0 Å². The number of nitrogens with one attached hydrogen (secondary N) is 1. The van der Waals surface area contributed by atoms with E-state index in [9.17, 15) is 0 Å². The normalized spacial score (nSPS) is 11.7. The summed E-state index contributed by atoms with van der Waals surface area (Å²) in [6.07, 6.45) is 5.30.